The monoisotopic (exact) mass is 370 g/mol. The topological polar surface area (TPSA) is 63.4 Å². The number of piperazine rings is 1. The molecule has 0 bridgehead atoms. The number of thiazole rings is 1. The zero-order chi connectivity index (χ0) is 17.4. The molecular formula is C15H13F3N4O2S. The van der Waals surface area contributed by atoms with E-state index < -0.39 is 6.36 Å². The molecule has 0 unspecified atom stereocenters. The third-order valence-corrected chi connectivity index (χ3v) is 4.58. The molecule has 1 aromatic carbocycles. The highest BCUT2D eigenvalue weighted by Gasteiger charge is 2.33. The number of oxazole rings is 1. The van der Waals surface area contributed by atoms with E-state index in [4.69, 9.17) is 4.42 Å². The van der Waals surface area contributed by atoms with Crippen molar-refractivity contribution in [2.75, 3.05) is 31.1 Å². The first kappa shape index (κ1) is 16.2. The molecule has 6 nitrogen and oxygen atoms in total. The zero-order valence-corrected chi connectivity index (χ0v) is 13.7. The van der Waals surface area contributed by atoms with Gasteiger partial charge in [0.1, 0.15) is 5.01 Å². The number of nitrogens with zero attached hydrogens (tertiary/aromatic N) is 3. The van der Waals surface area contributed by atoms with E-state index in [0.29, 0.717) is 23.7 Å². The minimum absolute atomic E-state index is 0.0403. The van der Waals surface area contributed by atoms with Crippen LogP contribution in [-0.4, -0.2) is 42.5 Å². The van der Waals surface area contributed by atoms with E-state index in [9.17, 15) is 13.2 Å². The lowest BCUT2D eigenvalue weighted by Crippen LogP contribution is -2.43. The van der Waals surface area contributed by atoms with Gasteiger partial charge in [-0.3, -0.25) is 0 Å². The summed E-state index contributed by atoms with van der Waals surface area (Å²) in [5, 5.41) is 5.63. The number of rotatable bonds is 3. The Bertz CT molecular complexity index is 873. The summed E-state index contributed by atoms with van der Waals surface area (Å²) in [4.78, 5) is 10.4. The standard InChI is InChI=1S/C15H13F3N4O2S/c16-15(17,18)24-10-2-1-9(13-20-5-8-25-13)12-11(10)21-14(23-12)22-6-3-19-4-7-22/h1-2,5,8,19H,3-4,6-7H2. The van der Waals surface area contributed by atoms with E-state index in [-0.39, 0.29) is 22.9 Å². The van der Waals surface area contributed by atoms with Gasteiger partial charge in [0.2, 0.25) is 0 Å². The molecule has 0 amide bonds. The molecule has 2 aromatic heterocycles. The van der Waals surface area contributed by atoms with Gasteiger partial charge < -0.3 is 19.4 Å². The Morgan fingerprint density at radius 2 is 2.04 bits per heavy atom. The van der Waals surface area contributed by atoms with Gasteiger partial charge in [0, 0.05) is 37.8 Å². The van der Waals surface area contributed by atoms with Gasteiger partial charge >= 0.3 is 6.36 Å². The third kappa shape index (κ3) is 3.27. The van der Waals surface area contributed by atoms with E-state index >= 15 is 0 Å². The molecule has 1 N–H and O–H groups in total. The maximum absolute atomic E-state index is 12.7. The summed E-state index contributed by atoms with van der Waals surface area (Å²) in [5.74, 6) is -0.382. The van der Waals surface area contributed by atoms with Crippen molar-refractivity contribution in [2.45, 2.75) is 6.36 Å². The summed E-state index contributed by atoms with van der Waals surface area (Å²) in [6.45, 7) is 2.83. The van der Waals surface area contributed by atoms with Crippen LogP contribution < -0.4 is 15.0 Å². The number of anilines is 1. The highest BCUT2D eigenvalue weighted by Crippen LogP contribution is 2.39. The van der Waals surface area contributed by atoms with Crippen LogP contribution in [0.3, 0.4) is 0 Å². The van der Waals surface area contributed by atoms with E-state index in [2.05, 4.69) is 20.0 Å². The summed E-state index contributed by atoms with van der Waals surface area (Å²) in [7, 11) is 0. The molecular weight excluding hydrogens is 357 g/mol. The highest BCUT2D eigenvalue weighted by molar-refractivity contribution is 7.13. The Hall–Kier alpha value is -2.33. The number of aromatic nitrogens is 2. The molecule has 0 atom stereocenters. The lowest BCUT2D eigenvalue weighted by atomic mass is 10.2. The number of alkyl halides is 3. The first-order chi connectivity index (χ1) is 12.0. The molecule has 25 heavy (non-hydrogen) atoms. The molecule has 0 saturated carbocycles. The van der Waals surface area contributed by atoms with Crippen molar-refractivity contribution in [3.63, 3.8) is 0 Å². The molecule has 0 aliphatic carbocycles. The molecule has 3 heterocycles. The summed E-state index contributed by atoms with van der Waals surface area (Å²) >= 11 is 1.37. The maximum Gasteiger partial charge on any atom is 0.573 e. The SMILES string of the molecule is FC(F)(F)Oc1ccc(-c2nccs2)c2oc(N3CCNCC3)nc12. The van der Waals surface area contributed by atoms with Crippen molar-refractivity contribution in [1.29, 1.82) is 0 Å². The predicted molar refractivity (Wildman–Crippen MR) is 86.9 cm³/mol. The molecule has 3 aromatic rings. The fourth-order valence-corrected chi connectivity index (χ4v) is 3.36. The average molecular weight is 370 g/mol. The number of hydrogen-bond donors (Lipinski definition) is 1. The first-order valence-corrected chi connectivity index (χ1v) is 8.44. The summed E-state index contributed by atoms with van der Waals surface area (Å²) in [6.07, 6.45) is -3.18. The van der Waals surface area contributed by atoms with E-state index in [1.165, 1.54) is 23.5 Å². The summed E-state index contributed by atoms with van der Waals surface area (Å²) in [6, 6.07) is 3.04. The van der Waals surface area contributed by atoms with Gasteiger partial charge in [-0.25, -0.2) is 4.98 Å². The van der Waals surface area contributed by atoms with Crippen LogP contribution in [0.15, 0.2) is 28.1 Å². The minimum Gasteiger partial charge on any atom is -0.422 e. The lowest BCUT2D eigenvalue weighted by Gasteiger charge is -2.25. The fraction of sp³-hybridized carbons (Fsp3) is 0.333. The maximum atomic E-state index is 12.7. The molecule has 10 heteroatoms. The van der Waals surface area contributed by atoms with Gasteiger partial charge in [-0.05, 0) is 12.1 Å². The molecule has 1 saturated heterocycles. The van der Waals surface area contributed by atoms with Crippen LogP contribution in [0, 0.1) is 0 Å². The second-order valence-corrected chi connectivity index (χ2v) is 6.30. The Morgan fingerprint density at radius 1 is 1.24 bits per heavy atom. The highest BCUT2D eigenvalue weighted by atomic mass is 32.1. The van der Waals surface area contributed by atoms with Crippen LogP contribution in [0.5, 0.6) is 5.75 Å². The Balaban J connectivity index is 1.84. The number of benzene rings is 1. The van der Waals surface area contributed by atoms with Crippen LogP contribution in [0.4, 0.5) is 19.2 Å². The Kier molecular flexibility index (Phi) is 4.00. The van der Waals surface area contributed by atoms with Crippen molar-refractivity contribution in [3.05, 3.63) is 23.7 Å². The number of ether oxygens (including phenoxy) is 1. The lowest BCUT2D eigenvalue weighted by molar-refractivity contribution is -0.274. The van der Waals surface area contributed by atoms with Crippen molar-refractivity contribution < 1.29 is 22.3 Å². The van der Waals surface area contributed by atoms with Crippen molar-refractivity contribution in [2.24, 2.45) is 0 Å². The van der Waals surface area contributed by atoms with Gasteiger partial charge in [0.15, 0.2) is 16.8 Å². The van der Waals surface area contributed by atoms with E-state index in [1.54, 1.807) is 11.6 Å². The minimum atomic E-state index is -4.80. The third-order valence-electron chi connectivity index (χ3n) is 3.77. The van der Waals surface area contributed by atoms with E-state index in [1.807, 2.05) is 4.90 Å². The van der Waals surface area contributed by atoms with Crippen LogP contribution >= 0.6 is 11.3 Å². The molecule has 1 aliphatic rings. The second-order valence-electron chi connectivity index (χ2n) is 5.41. The quantitative estimate of drug-likeness (QED) is 0.764. The molecule has 132 valence electrons. The van der Waals surface area contributed by atoms with Crippen LogP contribution in [0.1, 0.15) is 0 Å². The van der Waals surface area contributed by atoms with Crippen molar-refractivity contribution >= 4 is 28.5 Å². The Labute approximate surface area is 144 Å². The zero-order valence-electron chi connectivity index (χ0n) is 12.8. The molecule has 4 rings (SSSR count). The van der Waals surface area contributed by atoms with Gasteiger partial charge in [-0.2, -0.15) is 4.98 Å². The van der Waals surface area contributed by atoms with Crippen molar-refractivity contribution in [1.82, 2.24) is 15.3 Å². The van der Waals surface area contributed by atoms with Crippen LogP contribution in [0.2, 0.25) is 0 Å². The molecule has 1 fully saturated rings. The van der Waals surface area contributed by atoms with Gasteiger partial charge in [0.25, 0.3) is 6.01 Å². The second kappa shape index (κ2) is 6.19. The molecule has 1 aliphatic heterocycles. The van der Waals surface area contributed by atoms with Crippen LogP contribution in [0.25, 0.3) is 21.7 Å². The predicted octanol–water partition coefficient (Wildman–Crippen LogP) is 3.26. The summed E-state index contributed by atoms with van der Waals surface area (Å²) < 4.78 is 48.0. The molecule has 0 radical (unpaired) electrons. The summed E-state index contributed by atoms with van der Waals surface area (Å²) in [5.41, 5.74) is 0.872. The van der Waals surface area contributed by atoms with Gasteiger partial charge in [-0.15, -0.1) is 24.5 Å². The number of nitrogens with one attached hydrogen (secondary N) is 1. The number of fused-ring (bicyclic) bond motifs is 1. The average Bonchev–Trinajstić information content (AvgIpc) is 3.24. The van der Waals surface area contributed by atoms with Gasteiger partial charge in [-0.1, -0.05) is 0 Å². The van der Waals surface area contributed by atoms with Gasteiger partial charge in [0.05, 0.1) is 5.56 Å². The van der Waals surface area contributed by atoms with E-state index in [0.717, 1.165) is 13.1 Å². The largest absolute Gasteiger partial charge is 0.573 e. The number of hydrogen-bond acceptors (Lipinski definition) is 7. The fourth-order valence-electron chi connectivity index (χ4n) is 2.70. The first-order valence-electron chi connectivity index (χ1n) is 7.56. The normalized spacial score (nSPS) is 15.7. The number of halogens is 3. The van der Waals surface area contributed by atoms with Crippen molar-refractivity contribution in [3.8, 4) is 16.3 Å². The van der Waals surface area contributed by atoms with Crippen LogP contribution in [-0.2, 0) is 0 Å². The Morgan fingerprint density at radius 3 is 2.72 bits per heavy atom. The smallest absolute Gasteiger partial charge is 0.422 e. The molecule has 0 spiro atoms.